The Morgan fingerprint density at radius 2 is 1.93 bits per heavy atom. The number of rotatable bonds is 1. The van der Waals surface area contributed by atoms with E-state index in [1.807, 2.05) is 13.0 Å². The SMILES string of the molecule is Cc1ccc(-n2nc(N)nc2C)c(C)c1. The van der Waals surface area contributed by atoms with E-state index in [9.17, 15) is 0 Å². The first-order chi connectivity index (χ1) is 7.08. The van der Waals surface area contributed by atoms with Crippen LogP contribution in [0.15, 0.2) is 18.2 Å². The number of hydrogen-bond acceptors (Lipinski definition) is 3. The van der Waals surface area contributed by atoms with Crippen LogP contribution >= 0.6 is 0 Å². The van der Waals surface area contributed by atoms with Gasteiger partial charge in [0.25, 0.3) is 0 Å². The Morgan fingerprint density at radius 1 is 1.20 bits per heavy atom. The standard InChI is InChI=1S/C11H14N4/c1-7-4-5-10(8(2)6-7)15-9(3)13-11(12)14-15/h4-6H,1-3H3,(H2,12,14). The summed E-state index contributed by atoms with van der Waals surface area (Å²) in [5.41, 5.74) is 8.99. The molecule has 0 fully saturated rings. The van der Waals surface area contributed by atoms with E-state index >= 15 is 0 Å². The summed E-state index contributed by atoms with van der Waals surface area (Å²) < 4.78 is 1.77. The Labute approximate surface area is 88.8 Å². The molecule has 0 aliphatic carbocycles. The molecule has 1 aromatic carbocycles. The van der Waals surface area contributed by atoms with Crippen molar-refractivity contribution in [1.82, 2.24) is 14.8 Å². The van der Waals surface area contributed by atoms with Gasteiger partial charge in [-0.05, 0) is 32.4 Å². The zero-order valence-electron chi connectivity index (χ0n) is 9.15. The summed E-state index contributed by atoms with van der Waals surface area (Å²) in [6, 6.07) is 6.21. The van der Waals surface area contributed by atoms with E-state index in [-0.39, 0.29) is 0 Å². The van der Waals surface area contributed by atoms with Gasteiger partial charge >= 0.3 is 0 Å². The maximum absolute atomic E-state index is 5.55. The molecule has 1 aromatic heterocycles. The molecule has 78 valence electrons. The maximum Gasteiger partial charge on any atom is 0.240 e. The van der Waals surface area contributed by atoms with E-state index in [1.165, 1.54) is 11.1 Å². The van der Waals surface area contributed by atoms with E-state index in [4.69, 9.17) is 5.73 Å². The third-order valence-corrected chi connectivity index (χ3v) is 2.37. The third kappa shape index (κ3) is 1.70. The smallest absolute Gasteiger partial charge is 0.240 e. The fraction of sp³-hybridized carbons (Fsp3) is 0.273. The molecular weight excluding hydrogens is 188 g/mol. The van der Waals surface area contributed by atoms with Crippen LogP contribution < -0.4 is 5.73 Å². The number of nitrogens with two attached hydrogens (primary N) is 1. The molecule has 2 N–H and O–H groups in total. The van der Waals surface area contributed by atoms with Gasteiger partial charge < -0.3 is 5.73 Å². The highest BCUT2D eigenvalue weighted by Crippen LogP contribution is 2.16. The molecule has 0 radical (unpaired) electrons. The second-order valence-corrected chi connectivity index (χ2v) is 3.72. The fourth-order valence-electron chi connectivity index (χ4n) is 1.68. The largest absolute Gasteiger partial charge is 0.366 e. The molecule has 4 nitrogen and oxygen atoms in total. The molecule has 0 aliphatic rings. The topological polar surface area (TPSA) is 56.7 Å². The zero-order valence-corrected chi connectivity index (χ0v) is 9.15. The van der Waals surface area contributed by atoms with Crippen molar-refractivity contribution in [2.75, 3.05) is 5.73 Å². The lowest BCUT2D eigenvalue weighted by Gasteiger charge is -2.07. The fourth-order valence-corrected chi connectivity index (χ4v) is 1.68. The molecule has 4 heteroatoms. The number of nitrogens with zero attached hydrogens (tertiary/aromatic N) is 3. The van der Waals surface area contributed by atoms with Crippen molar-refractivity contribution in [3.05, 3.63) is 35.2 Å². The number of nitrogen functional groups attached to an aromatic ring is 1. The molecule has 0 unspecified atom stereocenters. The van der Waals surface area contributed by atoms with Crippen LogP contribution in [0.1, 0.15) is 17.0 Å². The summed E-state index contributed by atoms with van der Waals surface area (Å²) in [7, 11) is 0. The highest BCUT2D eigenvalue weighted by atomic mass is 15.4. The lowest BCUT2D eigenvalue weighted by molar-refractivity contribution is 0.836. The third-order valence-electron chi connectivity index (χ3n) is 2.37. The van der Waals surface area contributed by atoms with Crippen LogP contribution in [0, 0.1) is 20.8 Å². The summed E-state index contributed by atoms with van der Waals surface area (Å²) >= 11 is 0. The van der Waals surface area contributed by atoms with Crippen molar-refractivity contribution < 1.29 is 0 Å². The number of benzene rings is 1. The van der Waals surface area contributed by atoms with Gasteiger partial charge in [0.15, 0.2) is 0 Å². The minimum Gasteiger partial charge on any atom is -0.366 e. The van der Waals surface area contributed by atoms with E-state index in [2.05, 4.69) is 36.1 Å². The molecule has 0 saturated heterocycles. The highest BCUT2D eigenvalue weighted by Gasteiger charge is 2.07. The maximum atomic E-state index is 5.55. The molecule has 1 heterocycles. The summed E-state index contributed by atoms with van der Waals surface area (Å²) in [5, 5.41) is 4.15. The first-order valence-corrected chi connectivity index (χ1v) is 4.84. The van der Waals surface area contributed by atoms with Gasteiger partial charge in [0.1, 0.15) is 5.82 Å². The van der Waals surface area contributed by atoms with E-state index in [0.29, 0.717) is 5.95 Å². The minimum absolute atomic E-state index is 0.312. The van der Waals surface area contributed by atoms with Crippen molar-refractivity contribution in [3.8, 4) is 5.69 Å². The van der Waals surface area contributed by atoms with Crippen molar-refractivity contribution >= 4 is 5.95 Å². The van der Waals surface area contributed by atoms with Gasteiger partial charge in [0.05, 0.1) is 5.69 Å². The molecular formula is C11H14N4. The average molecular weight is 202 g/mol. The summed E-state index contributed by atoms with van der Waals surface area (Å²) in [6.07, 6.45) is 0. The van der Waals surface area contributed by atoms with Crippen LogP contribution in [0.4, 0.5) is 5.95 Å². The lowest BCUT2D eigenvalue weighted by atomic mass is 10.1. The van der Waals surface area contributed by atoms with Crippen LogP contribution in [-0.2, 0) is 0 Å². The number of hydrogen-bond donors (Lipinski definition) is 1. The van der Waals surface area contributed by atoms with Crippen molar-refractivity contribution in [1.29, 1.82) is 0 Å². The van der Waals surface area contributed by atoms with Crippen LogP contribution in [0.2, 0.25) is 0 Å². The molecule has 0 saturated carbocycles. The Hall–Kier alpha value is -1.84. The minimum atomic E-state index is 0.312. The second kappa shape index (κ2) is 3.38. The van der Waals surface area contributed by atoms with Crippen LogP contribution in [0.5, 0.6) is 0 Å². The van der Waals surface area contributed by atoms with Gasteiger partial charge in [-0.15, -0.1) is 5.10 Å². The van der Waals surface area contributed by atoms with E-state index in [1.54, 1.807) is 4.68 Å². The summed E-state index contributed by atoms with van der Waals surface area (Å²) in [6.45, 7) is 6.02. The normalized spacial score (nSPS) is 10.6. The molecule has 0 bridgehead atoms. The molecule has 0 atom stereocenters. The van der Waals surface area contributed by atoms with E-state index < -0.39 is 0 Å². The Balaban J connectivity index is 2.59. The van der Waals surface area contributed by atoms with Crippen molar-refractivity contribution in [2.24, 2.45) is 0 Å². The van der Waals surface area contributed by atoms with Gasteiger partial charge in [0, 0.05) is 0 Å². The predicted octanol–water partition coefficient (Wildman–Crippen LogP) is 1.77. The molecule has 15 heavy (non-hydrogen) atoms. The predicted molar refractivity (Wildman–Crippen MR) is 60.0 cm³/mol. The van der Waals surface area contributed by atoms with Crippen molar-refractivity contribution in [2.45, 2.75) is 20.8 Å². The molecule has 2 aromatic rings. The zero-order chi connectivity index (χ0) is 11.0. The summed E-state index contributed by atoms with van der Waals surface area (Å²) in [4.78, 5) is 4.08. The molecule has 0 amide bonds. The highest BCUT2D eigenvalue weighted by molar-refractivity contribution is 5.43. The first kappa shape index (κ1) is 9.71. The number of anilines is 1. The van der Waals surface area contributed by atoms with Crippen LogP contribution in [0.25, 0.3) is 5.69 Å². The van der Waals surface area contributed by atoms with Gasteiger partial charge in [-0.25, -0.2) is 4.68 Å². The molecule has 2 rings (SSSR count). The first-order valence-electron chi connectivity index (χ1n) is 4.84. The van der Waals surface area contributed by atoms with Crippen LogP contribution in [0.3, 0.4) is 0 Å². The number of aryl methyl sites for hydroxylation is 3. The Morgan fingerprint density at radius 3 is 2.47 bits per heavy atom. The Bertz CT molecular complexity index is 499. The molecule has 0 aliphatic heterocycles. The molecule has 0 spiro atoms. The van der Waals surface area contributed by atoms with Crippen LogP contribution in [-0.4, -0.2) is 14.8 Å². The second-order valence-electron chi connectivity index (χ2n) is 3.72. The van der Waals surface area contributed by atoms with E-state index in [0.717, 1.165) is 11.5 Å². The van der Waals surface area contributed by atoms with Crippen molar-refractivity contribution in [3.63, 3.8) is 0 Å². The quantitative estimate of drug-likeness (QED) is 0.766. The Kier molecular flexibility index (Phi) is 2.19. The van der Waals surface area contributed by atoms with Gasteiger partial charge in [0.2, 0.25) is 5.95 Å². The van der Waals surface area contributed by atoms with Gasteiger partial charge in [-0.3, -0.25) is 0 Å². The number of aromatic nitrogens is 3. The summed E-state index contributed by atoms with van der Waals surface area (Å²) in [5.74, 6) is 1.12. The monoisotopic (exact) mass is 202 g/mol. The van der Waals surface area contributed by atoms with Gasteiger partial charge in [-0.2, -0.15) is 4.98 Å². The average Bonchev–Trinajstić information content (AvgIpc) is 2.45. The lowest BCUT2D eigenvalue weighted by Crippen LogP contribution is -2.02. The van der Waals surface area contributed by atoms with Gasteiger partial charge in [-0.1, -0.05) is 17.7 Å².